The third kappa shape index (κ3) is 3.78. The van der Waals surface area contributed by atoms with Crippen molar-refractivity contribution in [3.63, 3.8) is 0 Å². The van der Waals surface area contributed by atoms with Gasteiger partial charge in [0.15, 0.2) is 6.61 Å². The molecule has 128 valence electrons. The Bertz CT molecular complexity index is 965. The van der Waals surface area contributed by atoms with E-state index in [4.69, 9.17) is 32.4 Å². The third-order valence-electron chi connectivity index (χ3n) is 3.57. The van der Waals surface area contributed by atoms with Gasteiger partial charge < -0.3 is 14.5 Å². The quantitative estimate of drug-likeness (QED) is 0.660. The Morgan fingerprint density at radius 2 is 1.92 bits per heavy atom. The molecule has 3 aromatic rings. The Labute approximate surface area is 153 Å². The van der Waals surface area contributed by atoms with Crippen molar-refractivity contribution in [1.29, 1.82) is 0 Å². The Balaban J connectivity index is 1.65. The van der Waals surface area contributed by atoms with Crippen molar-refractivity contribution < 1.29 is 18.7 Å². The van der Waals surface area contributed by atoms with Crippen LogP contribution in [0.5, 0.6) is 0 Å². The number of aryl methyl sites for hydroxylation is 1. The summed E-state index contributed by atoms with van der Waals surface area (Å²) in [6.45, 7) is 1.30. The molecule has 0 saturated carbocycles. The molecule has 1 amide bonds. The van der Waals surface area contributed by atoms with Crippen LogP contribution in [0.1, 0.15) is 16.1 Å². The lowest BCUT2D eigenvalue weighted by molar-refractivity contribution is -0.119. The highest BCUT2D eigenvalue weighted by atomic mass is 35.5. The predicted octanol–water partition coefficient (Wildman–Crippen LogP) is 4.84. The lowest BCUT2D eigenvalue weighted by Gasteiger charge is -2.08. The number of amides is 1. The molecule has 1 aromatic heterocycles. The lowest BCUT2D eigenvalue weighted by atomic mass is 10.1. The van der Waals surface area contributed by atoms with Gasteiger partial charge in [-0.2, -0.15) is 0 Å². The summed E-state index contributed by atoms with van der Waals surface area (Å²) in [5, 5.41) is 4.12. The number of fused-ring (bicyclic) bond motifs is 1. The summed E-state index contributed by atoms with van der Waals surface area (Å²) in [5.41, 5.74) is 1.64. The lowest BCUT2D eigenvalue weighted by Crippen LogP contribution is -2.21. The maximum absolute atomic E-state index is 12.2. The molecule has 0 aliphatic rings. The fourth-order valence-electron chi connectivity index (χ4n) is 2.34. The minimum atomic E-state index is -0.703. The summed E-state index contributed by atoms with van der Waals surface area (Å²) in [4.78, 5) is 24.1. The highest BCUT2D eigenvalue weighted by Crippen LogP contribution is 2.26. The second kappa shape index (κ2) is 7.17. The van der Waals surface area contributed by atoms with E-state index in [1.807, 2.05) is 18.2 Å². The summed E-state index contributed by atoms with van der Waals surface area (Å²) < 4.78 is 10.5. The van der Waals surface area contributed by atoms with Gasteiger partial charge in [0.05, 0.1) is 10.7 Å². The van der Waals surface area contributed by atoms with Crippen LogP contribution in [0.4, 0.5) is 5.69 Å². The van der Waals surface area contributed by atoms with E-state index < -0.39 is 18.5 Å². The molecule has 0 fully saturated rings. The minimum absolute atomic E-state index is 0.0820. The number of carbonyl (C=O) groups excluding carboxylic acids is 2. The number of furan rings is 1. The number of ether oxygens (including phenoxy) is 1. The van der Waals surface area contributed by atoms with Gasteiger partial charge in [0.2, 0.25) is 5.76 Å². The van der Waals surface area contributed by atoms with Gasteiger partial charge in [-0.05, 0) is 31.2 Å². The molecule has 0 bridgehead atoms. The first-order valence-electron chi connectivity index (χ1n) is 7.36. The maximum atomic E-state index is 12.2. The minimum Gasteiger partial charge on any atom is -0.450 e. The van der Waals surface area contributed by atoms with Gasteiger partial charge in [0.1, 0.15) is 5.58 Å². The van der Waals surface area contributed by atoms with Crippen LogP contribution in [0.15, 0.2) is 46.9 Å². The zero-order chi connectivity index (χ0) is 18.0. The van der Waals surface area contributed by atoms with Crippen LogP contribution in [-0.2, 0) is 9.53 Å². The van der Waals surface area contributed by atoms with Crippen LogP contribution in [0.3, 0.4) is 0 Å². The maximum Gasteiger partial charge on any atom is 0.375 e. The summed E-state index contributed by atoms with van der Waals surface area (Å²) in [7, 11) is 0. The Hall–Kier alpha value is -2.50. The second-order valence-electron chi connectivity index (χ2n) is 5.30. The molecule has 0 atom stereocenters. The number of nitrogens with one attached hydrogen (secondary N) is 1. The molecule has 0 spiro atoms. The molecule has 1 N–H and O–H groups in total. The first kappa shape index (κ1) is 17.3. The van der Waals surface area contributed by atoms with E-state index >= 15 is 0 Å². The summed E-state index contributed by atoms with van der Waals surface area (Å²) in [6, 6.07) is 11.9. The highest BCUT2D eigenvalue weighted by molar-refractivity contribution is 6.36. The van der Waals surface area contributed by atoms with Crippen molar-refractivity contribution in [3.05, 3.63) is 63.8 Å². The van der Waals surface area contributed by atoms with Gasteiger partial charge in [0, 0.05) is 16.0 Å². The molecule has 0 radical (unpaired) electrons. The smallest absolute Gasteiger partial charge is 0.375 e. The van der Waals surface area contributed by atoms with Crippen molar-refractivity contribution in [2.75, 3.05) is 11.9 Å². The Kier molecular flexibility index (Phi) is 4.97. The SMILES string of the molecule is Cc1c(C(=O)OCC(=O)Nc2ccc(Cl)cc2Cl)oc2ccccc12. The van der Waals surface area contributed by atoms with E-state index in [1.165, 1.54) is 6.07 Å². The average molecular weight is 378 g/mol. The van der Waals surface area contributed by atoms with Crippen LogP contribution < -0.4 is 5.32 Å². The predicted molar refractivity (Wildman–Crippen MR) is 96.3 cm³/mol. The van der Waals surface area contributed by atoms with Crippen molar-refractivity contribution >= 4 is 51.7 Å². The second-order valence-corrected chi connectivity index (χ2v) is 6.14. The summed E-state index contributed by atoms with van der Waals surface area (Å²) in [5.74, 6) is -1.14. The van der Waals surface area contributed by atoms with E-state index in [2.05, 4.69) is 5.32 Å². The van der Waals surface area contributed by atoms with Crippen LogP contribution in [0.25, 0.3) is 11.0 Å². The third-order valence-corrected chi connectivity index (χ3v) is 4.12. The van der Waals surface area contributed by atoms with Crippen molar-refractivity contribution in [2.24, 2.45) is 0 Å². The van der Waals surface area contributed by atoms with Crippen molar-refractivity contribution in [1.82, 2.24) is 0 Å². The van der Waals surface area contributed by atoms with Gasteiger partial charge in [0.25, 0.3) is 5.91 Å². The number of halogens is 2. The average Bonchev–Trinajstić information content (AvgIpc) is 2.93. The highest BCUT2D eigenvalue weighted by Gasteiger charge is 2.20. The zero-order valence-electron chi connectivity index (χ0n) is 13.1. The fourth-order valence-corrected chi connectivity index (χ4v) is 2.80. The van der Waals surface area contributed by atoms with E-state index in [-0.39, 0.29) is 5.76 Å². The van der Waals surface area contributed by atoms with Gasteiger partial charge in [-0.15, -0.1) is 0 Å². The van der Waals surface area contributed by atoms with Gasteiger partial charge >= 0.3 is 5.97 Å². The monoisotopic (exact) mass is 377 g/mol. The van der Waals surface area contributed by atoms with E-state index in [0.29, 0.717) is 26.9 Å². The van der Waals surface area contributed by atoms with Gasteiger partial charge in [-0.3, -0.25) is 4.79 Å². The standard InChI is InChI=1S/C18H13Cl2NO4/c1-10-12-4-2-3-5-15(12)25-17(10)18(23)24-9-16(22)21-14-7-6-11(19)8-13(14)20/h2-8H,9H2,1H3,(H,21,22). The number of para-hydroxylation sites is 1. The normalized spacial score (nSPS) is 10.7. The van der Waals surface area contributed by atoms with Gasteiger partial charge in [-0.25, -0.2) is 4.79 Å². The molecule has 0 aliphatic carbocycles. The number of rotatable bonds is 4. The molecule has 1 heterocycles. The van der Waals surface area contributed by atoms with Crippen molar-refractivity contribution in [2.45, 2.75) is 6.92 Å². The zero-order valence-corrected chi connectivity index (χ0v) is 14.6. The summed E-state index contributed by atoms with van der Waals surface area (Å²) >= 11 is 11.8. The number of hydrogen-bond donors (Lipinski definition) is 1. The van der Waals surface area contributed by atoms with Crippen LogP contribution in [0.2, 0.25) is 10.0 Å². The molecule has 2 aromatic carbocycles. The molecular formula is C18H13Cl2NO4. The van der Waals surface area contributed by atoms with Crippen LogP contribution >= 0.6 is 23.2 Å². The molecule has 0 saturated heterocycles. The number of benzene rings is 2. The van der Waals surface area contributed by atoms with Crippen LogP contribution in [0, 0.1) is 6.92 Å². The molecule has 0 unspecified atom stereocenters. The fraction of sp³-hybridized carbons (Fsp3) is 0.111. The molecule has 7 heteroatoms. The number of anilines is 1. The Morgan fingerprint density at radius 3 is 2.64 bits per heavy atom. The number of esters is 1. The van der Waals surface area contributed by atoms with E-state index in [0.717, 1.165) is 5.39 Å². The van der Waals surface area contributed by atoms with Crippen LogP contribution in [-0.4, -0.2) is 18.5 Å². The molecule has 3 rings (SSSR count). The number of carbonyl (C=O) groups is 2. The first-order chi connectivity index (χ1) is 12.0. The molecule has 25 heavy (non-hydrogen) atoms. The molecule has 0 aliphatic heterocycles. The molecule has 5 nitrogen and oxygen atoms in total. The number of hydrogen-bond acceptors (Lipinski definition) is 4. The van der Waals surface area contributed by atoms with E-state index in [1.54, 1.807) is 25.1 Å². The topological polar surface area (TPSA) is 68.5 Å². The van der Waals surface area contributed by atoms with Crippen molar-refractivity contribution in [3.8, 4) is 0 Å². The van der Waals surface area contributed by atoms with E-state index in [9.17, 15) is 9.59 Å². The molecular weight excluding hydrogens is 365 g/mol. The van der Waals surface area contributed by atoms with Gasteiger partial charge in [-0.1, -0.05) is 41.4 Å². The summed E-state index contributed by atoms with van der Waals surface area (Å²) in [6.07, 6.45) is 0. The largest absolute Gasteiger partial charge is 0.450 e. The Morgan fingerprint density at radius 1 is 1.16 bits per heavy atom. The first-order valence-corrected chi connectivity index (χ1v) is 8.11.